The van der Waals surface area contributed by atoms with Crippen molar-refractivity contribution in [3.8, 4) is 0 Å². The van der Waals surface area contributed by atoms with Gasteiger partial charge in [-0.05, 0) is 26.3 Å². The van der Waals surface area contributed by atoms with Crippen molar-refractivity contribution in [3.63, 3.8) is 0 Å². The van der Waals surface area contributed by atoms with E-state index in [2.05, 4.69) is 0 Å². The molecule has 1 aliphatic heterocycles. The number of nitrogens with zero attached hydrogens (tertiary/aromatic N) is 2. The average molecular weight is 252 g/mol. The lowest BCUT2D eigenvalue weighted by Gasteiger charge is -2.33. The van der Waals surface area contributed by atoms with Crippen LogP contribution in [0.4, 0.5) is 13.2 Å². The second kappa shape index (κ2) is 5.71. The molecular weight excluding hydrogens is 233 g/mol. The fourth-order valence-corrected chi connectivity index (χ4v) is 2.04. The lowest BCUT2D eigenvalue weighted by atomic mass is 10.0. The minimum absolute atomic E-state index is 0.0910. The second-order valence-electron chi connectivity index (χ2n) is 4.68. The third-order valence-electron chi connectivity index (χ3n) is 3.12. The monoisotopic (exact) mass is 252 g/mol. The Kier molecular flexibility index (Phi) is 4.80. The van der Waals surface area contributed by atoms with Gasteiger partial charge < -0.3 is 4.90 Å². The number of halogens is 3. The number of amides is 1. The molecule has 1 aliphatic rings. The van der Waals surface area contributed by atoms with E-state index in [0.29, 0.717) is 0 Å². The maximum atomic E-state index is 12.1. The van der Waals surface area contributed by atoms with Gasteiger partial charge in [-0.2, -0.15) is 13.2 Å². The third kappa shape index (κ3) is 4.93. The van der Waals surface area contributed by atoms with Crippen LogP contribution >= 0.6 is 0 Å². The van der Waals surface area contributed by atoms with E-state index < -0.39 is 18.6 Å². The third-order valence-corrected chi connectivity index (χ3v) is 3.12. The minimum atomic E-state index is -4.32. The molecule has 1 unspecified atom stereocenters. The molecule has 17 heavy (non-hydrogen) atoms. The van der Waals surface area contributed by atoms with Gasteiger partial charge in [0.1, 0.15) is 6.54 Å². The number of hydrogen-bond donors (Lipinski definition) is 0. The Labute approximate surface area is 99.6 Å². The molecule has 0 saturated carbocycles. The molecule has 1 amide bonds. The summed E-state index contributed by atoms with van der Waals surface area (Å²) in [7, 11) is 1.20. The molecule has 0 aromatic carbocycles. The molecule has 100 valence electrons. The van der Waals surface area contributed by atoms with Crippen LogP contribution in [-0.2, 0) is 4.79 Å². The van der Waals surface area contributed by atoms with Crippen LogP contribution in [0.5, 0.6) is 0 Å². The van der Waals surface area contributed by atoms with E-state index in [0.717, 1.165) is 30.7 Å². The summed E-state index contributed by atoms with van der Waals surface area (Å²) in [5.41, 5.74) is 0. The van der Waals surface area contributed by atoms with E-state index in [9.17, 15) is 18.0 Å². The first-order chi connectivity index (χ1) is 7.79. The van der Waals surface area contributed by atoms with Gasteiger partial charge in [0.2, 0.25) is 5.91 Å². The number of carbonyl (C=O) groups is 1. The van der Waals surface area contributed by atoms with E-state index in [1.807, 2.05) is 11.8 Å². The van der Waals surface area contributed by atoms with Gasteiger partial charge >= 0.3 is 6.18 Å². The molecule has 1 heterocycles. The fraction of sp³-hybridized carbons (Fsp3) is 0.909. The van der Waals surface area contributed by atoms with Gasteiger partial charge in [-0.1, -0.05) is 6.42 Å². The summed E-state index contributed by atoms with van der Waals surface area (Å²) in [6.07, 6.45) is -1.17. The van der Waals surface area contributed by atoms with E-state index in [-0.39, 0.29) is 12.6 Å². The van der Waals surface area contributed by atoms with Crippen LogP contribution in [-0.4, -0.2) is 54.6 Å². The number of piperidine rings is 1. The summed E-state index contributed by atoms with van der Waals surface area (Å²) in [5.74, 6) is -0.462. The highest BCUT2D eigenvalue weighted by Crippen LogP contribution is 2.18. The second-order valence-corrected chi connectivity index (χ2v) is 4.68. The zero-order chi connectivity index (χ0) is 13.1. The number of carbonyl (C=O) groups excluding carboxylic acids is 1. The van der Waals surface area contributed by atoms with Crippen LogP contribution in [0, 0.1) is 0 Å². The number of rotatable bonds is 3. The number of likely N-dealkylation sites (N-methyl/N-ethyl adjacent to an activating group) is 1. The minimum Gasteiger partial charge on any atom is -0.336 e. The molecule has 1 saturated heterocycles. The van der Waals surface area contributed by atoms with Gasteiger partial charge in [0.15, 0.2) is 0 Å². The van der Waals surface area contributed by atoms with Crippen LogP contribution in [0.3, 0.4) is 0 Å². The van der Waals surface area contributed by atoms with Gasteiger partial charge in [-0.25, -0.2) is 0 Å². The van der Waals surface area contributed by atoms with Crippen molar-refractivity contribution in [1.82, 2.24) is 9.80 Å². The Hall–Kier alpha value is -0.780. The lowest BCUT2D eigenvalue weighted by molar-refractivity contribution is -0.159. The van der Waals surface area contributed by atoms with Crippen LogP contribution in [0.25, 0.3) is 0 Å². The van der Waals surface area contributed by atoms with Crippen LogP contribution in [0.1, 0.15) is 26.2 Å². The van der Waals surface area contributed by atoms with E-state index >= 15 is 0 Å². The molecule has 1 rings (SSSR count). The maximum Gasteiger partial charge on any atom is 0.406 e. The molecule has 0 aromatic heterocycles. The predicted molar refractivity (Wildman–Crippen MR) is 58.6 cm³/mol. The van der Waals surface area contributed by atoms with E-state index in [1.54, 1.807) is 0 Å². The molecule has 1 atom stereocenters. The molecule has 6 heteroatoms. The highest BCUT2D eigenvalue weighted by atomic mass is 19.4. The topological polar surface area (TPSA) is 23.6 Å². The quantitative estimate of drug-likeness (QED) is 0.765. The summed E-state index contributed by atoms with van der Waals surface area (Å²) in [5, 5.41) is 0. The zero-order valence-corrected chi connectivity index (χ0v) is 10.3. The molecule has 3 nitrogen and oxygen atoms in total. The standard InChI is InChI=1S/C11H19F3N2O/c1-9-5-3-4-6-16(9)7-10(17)15(2)8-11(12,13)14/h9H,3-8H2,1-2H3. The Balaban J connectivity index is 2.42. The largest absolute Gasteiger partial charge is 0.406 e. The first-order valence-electron chi connectivity index (χ1n) is 5.84. The summed E-state index contributed by atoms with van der Waals surface area (Å²) < 4.78 is 36.3. The molecule has 0 aliphatic carbocycles. The lowest BCUT2D eigenvalue weighted by Crippen LogP contribution is -2.46. The van der Waals surface area contributed by atoms with Gasteiger partial charge in [-0.15, -0.1) is 0 Å². The van der Waals surface area contributed by atoms with Gasteiger partial charge in [0.05, 0.1) is 6.54 Å². The summed E-state index contributed by atoms with van der Waals surface area (Å²) in [4.78, 5) is 14.3. The van der Waals surface area contributed by atoms with Gasteiger partial charge in [0.25, 0.3) is 0 Å². The Bertz CT molecular complexity index is 268. The number of alkyl halides is 3. The molecule has 0 bridgehead atoms. The van der Waals surface area contributed by atoms with Crippen molar-refractivity contribution < 1.29 is 18.0 Å². The van der Waals surface area contributed by atoms with Crippen molar-refractivity contribution in [3.05, 3.63) is 0 Å². The van der Waals surface area contributed by atoms with Gasteiger partial charge in [-0.3, -0.25) is 9.69 Å². The first-order valence-corrected chi connectivity index (χ1v) is 5.84. The first kappa shape index (κ1) is 14.3. The Morgan fingerprint density at radius 1 is 1.41 bits per heavy atom. The fourth-order valence-electron chi connectivity index (χ4n) is 2.04. The van der Waals surface area contributed by atoms with E-state index in [1.165, 1.54) is 7.05 Å². The molecule has 0 radical (unpaired) electrons. The van der Waals surface area contributed by atoms with Crippen molar-refractivity contribution in [1.29, 1.82) is 0 Å². The van der Waals surface area contributed by atoms with E-state index in [4.69, 9.17) is 0 Å². The maximum absolute atomic E-state index is 12.1. The molecule has 0 spiro atoms. The van der Waals surface area contributed by atoms with Crippen LogP contribution in [0.15, 0.2) is 0 Å². The number of likely N-dealkylation sites (tertiary alicyclic amines) is 1. The van der Waals surface area contributed by atoms with Crippen molar-refractivity contribution in [2.45, 2.75) is 38.4 Å². The molecule has 0 aromatic rings. The SMILES string of the molecule is CC1CCCCN1CC(=O)N(C)CC(F)(F)F. The van der Waals surface area contributed by atoms with Crippen LogP contribution in [0.2, 0.25) is 0 Å². The van der Waals surface area contributed by atoms with Crippen molar-refractivity contribution in [2.75, 3.05) is 26.7 Å². The molecule has 0 N–H and O–H groups in total. The average Bonchev–Trinajstić information content (AvgIpc) is 2.18. The molecule has 1 fully saturated rings. The highest BCUT2D eigenvalue weighted by molar-refractivity contribution is 5.78. The zero-order valence-electron chi connectivity index (χ0n) is 10.3. The smallest absolute Gasteiger partial charge is 0.336 e. The normalized spacial score (nSPS) is 22.5. The number of hydrogen-bond acceptors (Lipinski definition) is 2. The predicted octanol–water partition coefficient (Wildman–Crippen LogP) is 1.88. The van der Waals surface area contributed by atoms with Crippen molar-refractivity contribution >= 4 is 5.91 Å². The highest BCUT2D eigenvalue weighted by Gasteiger charge is 2.32. The summed E-state index contributed by atoms with van der Waals surface area (Å²) in [6, 6.07) is 0.284. The Morgan fingerprint density at radius 3 is 2.59 bits per heavy atom. The summed E-state index contributed by atoms with van der Waals surface area (Å²) >= 11 is 0. The Morgan fingerprint density at radius 2 is 2.06 bits per heavy atom. The van der Waals surface area contributed by atoms with Gasteiger partial charge in [0, 0.05) is 13.1 Å². The molecular formula is C11H19F3N2O. The van der Waals surface area contributed by atoms with Crippen molar-refractivity contribution in [2.24, 2.45) is 0 Å². The van der Waals surface area contributed by atoms with Crippen LogP contribution < -0.4 is 0 Å². The summed E-state index contributed by atoms with van der Waals surface area (Å²) in [6.45, 7) is 1.73.